The van der Waals surface area contributed by atoms with Crippen LogP contribution in [0.5, 0.6) is 0 Å². The molecule has 0 atom stereocenters. The molecule has 0 aromatic heterocycles. The summed E-state index contributed by atoms with van der Waals surface area (Å²) in [6.45, 7) is 0. The summed E-state index contributed by atoms with van der Waals surface area (Å²) in [5.41, 5.74) is 0. The van der Waals surface area contributed by atoms with Gasteiger partial charge in [-0.2, -0.15) is 0 Å². The molecular weight excluding hydrogens is 138 g/mol. The van der Waals surface area contributed by atoms with Crippen LogP contribution in [0.3, 0.4) is 0 Å². The second-order valence-corrected chi connectivity index (χ2v) is 2.67. The minimum Gasteiger partial charge on any atom is -0.714 e. The molecule has 2 aliphatic rings. The Morgan fingerprint density at radius 1 is 1.78 bits per heavy atom. The molecule has 2 aliphatic heterocycles. The van der Waals surface area contributed by atoms with E-state index in [1.54, 1.807) is 6.20 Å². The Hall–Kier alpha value is -0.840. The highest BCUT2D eigenvalue weighted by Crippen LogP contribution is 2.27. The second-order valence-electron chi connectivity index (χ2n) is 1.68. The minimum atomic E-state index is 0.459. The molecule has 46 valence electrons. The molecule has 9 heavy (non-hydrogen) atoms. The maximum absolute atomic E-state index is 10.7. The lowest BCUT2D eigenvalue weighted by Gasteiger charge is -1.97. The molecule has 0 saturated carbocycles. The minimum absolute atomic E-state index is 0.459. The highest BCUT2D eigenvalue weighted by atomic mass is 32.2. The first kappa shape index (κ1) is 4.99. The summed E-state index contributed by atoms with van der Waals surface area (Å²) in [4.78, 5) is 0.894. The van der Waals surface area contributed by atoms with Gasteiger partial charge in [-0.3, -0.25) is 4.74 Å². The normalized spacial score (nSPS) is 22.9. The van der Waals surface area contributed by atoms with Gasteiger partial charge in [0.1, 0.15) is 10.8 Å². The first-order chi connectivity index (χ1) is 4.38. The summed E-state index contributed by atoms with van der Waals surface area (Å²) in [6, 6.07) is 0. The van der Waals surface area contributed by atoms with E-state index in [2.05, 4.69) is 10.2 Å². The van der Waals surface area contributed by atoms with Gasteiger partial charge >= 0.3 is 5.84 Å². The average molecular weight is 141 g/mol. The van der Waals surface area contributed by atoms with Crippen molar-refractivity contribution < 1.29 is 4.74 Å². The molecule has 0 N–H and O–H groups in total. The number of thioether (sulfide) groups is 1. The Kier molecular flexibility index (Phi) is 0.869. The first-order valence-electron chi connectivity index (χ1n) is 2.44. The highest BCUT2D eigenvalue weighted by molar-refractivity contribution is 8.04. The molecule has 0 radical (unpaired) electrons. The fourth-order valence-corrected chi connectivity index (χ4v) is 1.48. The summed E-state index contributed by atoms with van der Waals surface area (Å²) in [5.74, 6) is 0.931. The molecule has 0 unspecified atom stereocenters. The van der Waals surface area contributed by atoms with Crippen LogP contribution in [0.25, 0.3) is 0 Å². The first-order valence-corrected chi connectivity index (χ1v) is 3.42. The Morgan fingerprint density at radius 2 is 2.67 bits per heavy atom. The molecule has 0 aliphatic carbocycles. The lowest BCUT2D eigenvalue weighted by Crippen LogP contribution is -2.03. The van der Waals surface area contributed by atoms with E-state index in [1.165, 1.54) is 11.8 Å². The van der Waals surface area contributed by atoms with Crippen molar-refractivity contribution in [2.24, 2.45) is 10.2 Å². The summed E-state index contributed by atoms with van der Waals surface area (Å²) in [6.07, 6.45) is 1.61. The van der Waals surface area contributed by atoms with E-state index < -0.39 is 0 Å². The molecule has 0 aromatic rings. The molecule has 0 spiro atoms. The van der Waals surface area contributed by atoms with Crippen molar-refractivity contribution in [2.45, 2.75) is 0 Å². The van der Waals surface area contributed by atoms with Crippen LogP contribution in [0.2, 0.25) is 0 Å². The topological polar surface area (TPSA) is 50.8 Å². The Bertz CT molecular complexity index is 242. The number of amidine groups is 1. The molecule has 0 fully saturated rings. The van der Waals surface area contributed by atoms with E-state index in [0.29, 0.717) is 11.7 Å². The van der Waals surface area contributed by atoms with Gasteiger partial charge in [0.15, 0.2) is 0 Å². The third-order valence-corrected chi connectivity index (χ3v) is 2.08. The molecule has 0 aromatic carbocycles. The number of fused-ring (bicyclic) bond motifs is 1. The van der Waals surface area contributed by atoms with E-state index in [1.807, 2.05) is 0 Å². The average Bonchev–Trinajstić information content (AvgIpc) is 2.35. The third kappa shape index (κ3) is 0.578. The molecular formula is C4H3N3OS. The lowest BCUT2D eigenvalue weighted by molar-refractivity contribution is -0.431. The summed E-state index contributed by atoms with van der Waals surface area (Å²) in [5, 5.41) is 17.9. The van der Waals surface area contributed by atoms with Crippen LogP contribution in [0.15, 0.2) is 21.3 Å². The van der Waals surface area contributed by atoms with Gasteiger partial charge in [0.05, 0.1) is 11.3 Å². The van der Waals surface area contributed by atoms with Crippen molar-refractivity contribution in [3.05, 3.63) is 16.3 Å². The van der Waals surface area contributed by atoms with E-state index in [-0.39, 0.29) is 0 Å². The largest absolute Gasteiger partial charge is 0.714 e. The van der Waals surface area contributed by atoms with Crippen LogP contribution < -0.4 is 0 Å². The van der Waals surface area contributed by atoms with Crippen LogP contribution in [-0.4, -0.2) is 16.5 Å². The fraction of sp³-hybridized carbons (Fsp3) is 0.250. The zero-order valence-electron chi connectivity index (χ0n) is 4.44. The molecule has 4 nitrogen and oxygen atoms in total. The smallest absolute Gasteiger partial charge is 0.365 e. The van der Waals surface area contributed by atoms with Crippen LogP contribution in [0, 0.1) is 5.21 Å². The molecule has 0 amide bonds. The molecule has 2 rings (SSSR count). The van der Waals surface area contributed by atoms with Gasteiger partial charge in [-0.15, -0.1) is 0 Å². The Morgan fingerprint density at radius 3 is 3.44 bits per heavy atom. The Balaban J connectivity index is 2.52. The van der Waals surface area contributed by atoms with Crippen molar-refractivity contribution in [1.82, 2.24) is 0 Å². The number of hydrogen-bond donors (Lipinski definition) is 0. The van der Waals surface area contributed by atoms with Crippen molar-refractivity contribution >= 4 is 17.6 Å². The number of azo groups is 1. The van der Waals surface area contributed by atoms with Crippen molar-refractivity contribution in [3.63, 3.8) is 0 Å². The monoisotopic (exact) mass is 141 g/mol. The van der Waals surface area contributed by atoms with E-state index in [4.69, 9.17) is 0 Å². The van der Waals surface area contributed by atoms with Crippen LogP contribution in [0.4, 0.5) is 0 Å². The van der Waals surface area contributed by atoms with Gasteiger partial charge in [0.25, 0.3) is 0 Å². The van der Waals surface area contributed by atoms with Crippen molar-refractivity contribution in [1.29, 1.82) is 0 Å². The van der Waals surface area contributed by atoms with Gasteiger partial charge in [0, 0.05) is 0 Å². The SMILES string of the molecule is [O-][N+]1=C2N=NC=C2SC1. The standard InChI is InChI=1S/C4H3N3OS/c8-7-2-9-3-1-5-6-4(3)7/h1H,2H2. The van der Waals surface area contributed by atoms with Crippen LogP contribution in [0.1, 0.15) is 0 Å². The maximum Gasteiger partial charge on any atom is 0.365 e. The van der Waals surface area contributed by atoms with Gasteiger partial charge in [0.2, 0.25) is 0 Å². The van der Waals surface area contributed by atoms with Crippen LogP contribution >= 0.6 is 11.8 Å². The zero-order chi connectivity index (χ0) is 6.27. The predicted octanol–water partition coefficient (Wildman–Crippen LogP) is 0.907. The number of hydroxylamine groups is 1. The molecule has 0 bridgehead atoms. The fourth-order valence-electron chi connectivity index (χ4n) is 0.707. The quantitative estimate of drug-likeness (QED) is 0.372. The Labute approximate surface area is 55.6 Å². The number of nitrogens with zero attached hydrogens (tertiary/aromatic N) is 3. The number of rotatable bonds is 0. The second kappa shape index (κ2) is 1.57. The zero-order valence-corrected chi connectivity index (χ0v) is 5.26. The van der Waals surface area contributed by atoms with Crippen molar-refractivity contribution in [3.8, 4) is 0 Å². The molecule has 2 heterocycles. The summed E-state index contributed by atoms with van der Waals surface area (Å²) >= 11 is 1.47. The van der Waals surface area contributed by atoms with Gasteiger partial charge in [-0.05, 0) is 5.11 Å². The predicted molar refractivity (Wildman–Crippen MR) is 34.0 cm³/mol. The summed E-state index contributed by atoms with van der Waals surface area (Å²) in [7, 11) is 0. The van der Waals surface area contributed by atoms with Gasteiger partial charge < -0.3 is 5.21 Å². The van der Waals surface area contributed by atoms with Gasteiger partial charge in [-0.25, -0.2) is 0 Å². The van der Waals surface area contributed by atoms with Crippen LogP contribution in [-0.2, 0) is 0 Å². The van der Waals surface area contributed by atoms with Gasteiger partial charge in [-0.1, -0.05) is 11.8 Å². The van der Waals surface area contributed by atoms with E-state index in [0.717, 1.165) is 9.64 Å². The molecule has 0 saturated heterocycles. The highest BCUT2D eigenvalue weighted by Gasteiger charge is 2.28. The van der Waals surface area contributed by atoms with E-state index >= 15 is 0 Å². The van der Waals surface area contributed by atoms with E-state index in [9.17, 15) is 5.21 Å². The maximum atomic E-state index is 10.7. The lowest BCUT2D eigenvalue weighted by atomic mass is 10.6. The van der Waals surface area contributed by atoms with Crippen molar-refractivity contribution in [2.75, 3.05) is 5.88 Å². The number of hydrogen-bond acceptors (Lipinski definition) is 4. The molecule has 5 heteroatoms. The third-order valence-electron chi connectivity index (χ3n) is 1.12. The summed E-state index contributed by atoms with van der Waals surface area (Å²) < 4.78 is 0.840.